The minimum atomic E-state index is 0.430. The maximum absolute atomic E-state index is 6.01. The van der Waals surface area contributed by atoms with E-state index in [9.17, 15) is 0 Å². The summed E-state index contributed by atoms with van der Waals surface area (Å²) in [7, 11) is 0. The van der Waals surface area contributed by atoms with Crippen LogP contribution in [0.2, 0.25) is 0 Å². The van der Waals surface area contributed by atoms with Gasteiger partial charge in [0.1, 0.15) is 12.4 Å². The third-order valence-electron chi connectivity index (χ3n) is 3.37. The van der Waals surface area contributed by atoms with Crippen molar-refractivity contribution < 1.29 is 4.74 Å². The van der Waals surface area contributed by atoms with Gasteiger partial charge in [0, 0.05) is 11.4 Å². The van der Waals surface area contributed by atoms with Crippen LogP contribution >= 0.6 is 0 Å². The summed E-state index contributed by atoms with van der Waals surface area (Å²) in [5.41, 5.74) is 0. The summed E-state index contributed by atoms with van der Waals surface area (Å²) < 4.78 is 6.01. The van der Waals surface area contributed by atoms with E-state index in [1.54, 1.807) is 0 Å². The molecule has 0 aromatic heterocycles. The number of hydrogen-bond donors (Lipinski definition) is 1. The Bertz CT molecular complexity index is 504. The quantitative estimate of drug-likeness (QED) is 0.809. The molecule has 0 saturated carbocycles. The minimum Gasteiger partial charge on any atom is -0.491 e. The molecule has 0 saturated heterocycles. The van der Waals surface area contributed by atoms with Crippen LogP contribution in [0.3, 0.4) is 0 Å². The van der Waals surface area contributed by atoms with E-state index < -0.39 is 0 Å². The molecule has 1 unspecified atom stereocenters. The van der Waals surface area contributed by atoms with E-state index in [1.165, 1.54) is 10.8 Å². The summed E-state index contributed by atoms with van der Waals surface area (Å²) in [5, 5.41) is 5.93. The molecule has 2 nitrogen and oxygen atoms in total. The zero-order valence-corrected chi connectivity index (χ0v) is 11.9. The van der Waals surface area contributed by atoms with Gasteiger partial charge in [-0.1, -0.05) is 50.2 Å². The number of ether oxygens (including phenoxy) is 1. The predicted molar refractivity (Wildman–Crippen MR) is 81.8 cm³/mol. The lowest BCUT2D eigenvalue weighted by atomic mass is 10.1. The zero-order chi connectivity index (χ0) is 13.5. The molecule has 0 amide bonds. The number of hydrogen-bond acceptors (Lipinski definition) is 2. The minimum absolute atomic E-state index is 0.430. The molecule has 2 aromatic rings. The summed E-state index contributed by atoms with van der Waals surface area (Å²) >= 11 is 0. The molecule has 102 valence electrons. The van der Waals surface area contributed by atoms with Gasteiger partial charge in [-0.3, -0.25) is 0 Å². The average Bonchev–Trinajstić information content (AvgIpc) is 2.47. The van der Waals surface area contributed by atoms with E-state index in [0.29, 0.717) is 6.04 Å². The van der Waals surface area contributed by atoms with Crippen molar-refractivity contribution in [1.82, 2.24) is 5.32 Å². The van der Waals surface area contributed by atoms with Gasteiger partial charge in [-0.25, -0.2) is 0 Å². The topological polar surface area (TPSA) is 21.3 Å². The van der Waals surface area contributed by atoms with E-state index in [-0.39, 0.29) is 0 Å². The lowest BCUT2D eigenvalue weighted by Gasteiger charge is -2.18. The van der Waals surface area contributed by atoms with E-state index in [0.717, 1.165) is 31.7 Å². The fraction of sp³-hybridized carbons (Fsp3) is 0.412. The summed E-state index contributed by atoms with van der Waals surface area (Å²) in [6.45, 7) is 6.16. The third-order valence-corrected chi connectivity index (χ3v) is 3.37. The van der Waals surface area contributed by atoms with Crippen LogP contribution in [0, 0.1) is 0 Å². The van der Waals surface area contributed by atoms with Crippen molar-refractivity contribution in [3.05, 3.63) is 42.5 Å². The van der Waals surface area contributed by atoms with Crippen LogP contribution < -0.4 is 10.1 Å². The molecule has 0 aliphatic carbocycles. The smallest absolute Gasteiger partial charge is 0.127 e. The van der Waals surface area contributed by atoms with Crippen LogP contribution in [0.5, 0.6) is 5.75 Å². The standard InChI is InChI=1S/C17H23NO/c1-3-12-18-15(4-2)13-19-17-11-7-9-14-8-5-6-10-16(14)17/h5-11,15,18H,3-4,12-13H2,1-2H3. The van der Waals surface area contributed by atoms with Crippen molar-refractivity contribution in [3.63, 3.8) is 0 Å². The van der Waals surface area contributed by atoms with Crippen LogP contribution in [0.4, 0.5) is 0 Å². The molecule has 0 bridgehead atoms. The van der Waals surface area contributed by atoms with Crippen molar-refractivity contribution in [2.45, 2.75) is 32.7 Å². The second-order valence-corrected chi connectivity index (χ2v) is 4.85. The van der Waals surface area contributed by atoms with Gasteiger partial charge in [-0.15, -0.1) is 0 Å². The Balaban J connectivity index is 2.04. The molecule has 19 heavy (non-hydrogen) atoms. The molecule has 0 radical (unpaired) electrons. The van der Waals surface area contributed by atoms with Gasteiger partial charge < -0.3 is 10.1 Å². The SMILES string of the molecule is CCCNC(CC)COc1cccc2ccccc12. The van der Waals surface area contributed by atoms with Crippen molar-refractivity contribution in [1.29, 1.82) is 0 Å². The number of rotatable bonds is 7. The summed E-state index contributed by atoms with van der Waals surface area (Å²) in [5.74, 6) is 0.981. The first-order chi connectivity index (χ1) is 9.35. The van der Waals surface area contributed by atoms with Crippen LogP contribution in [-0.4, -0.2) is 19.2 Å². The average molecular weight is 257 g/mol. The van der Waals surface area contributed by atoms with E-state index >= 15 is 0 Å². The van der Waals surface area contributed by atoms with E-state index in [2.05, 4.69) is 61.6 Å². The first kappa shape index (κ1) is 13.9. The molecule has 1 N–H and O–H groups in total. The number of fused-ring (bicyclic) bond motifs is 1. The molecular weight excluding hydrogens is 234 g/mol. The van der Waals surface area contributed by atoms with Crippen LogP contribution in [0.25, 0.3) is 10.8 Å². The Morgan fingerprint density at radius 3 is 2.63 bits per heavy atom. The number of nitrogens with one attached hydrogen (secondary N) is 1. The van der Waals surface area contributed by atoms with Crippen LogP contribution in [0.15, 0.2) is 42.5 Å². The van der Waals surface area contributed by atoms with Crippen LogP contribution in [-0.2, 0) is 0 Å². The van der Waals surface area contributed by atoms with Crippen molar-refractivity contribution in [2.75, 3.05) is 13.2 Å². The van der Waals surface area contributed by atoms with Crippen molar-refractivity contribution in [3.8, 4) is 5.75 Å². The predicted octanol–water partition coefficient (Wildman–Crippen LogP) is 4.00. The van der Waals surface area contributed by atoms with E-state index in [4.69, 9.17) is 4.74 Å². The van der Waals surface area contributed by atoms with Gasteiger partial charge in [-0.2, -0.15) is 0 Å². The van der Waals surface area contributed by atoms with E-state index in [1.807, 2.05) is 0 Å². The van der Waals surface area contributed by atoms with Crippen LogP contribution in [0.1, 0.15) is 26.7 Å². The van der Waals surface area contributed by atoms with Crippen molar-refractivity contribution >= 4 is 10.8 Å². The fourth-order valence-corrected chi connectivity index (χ4v) is 2.18. The molecule has 0 aliphatic rings. The lowest BCUT2D eigenvalue weighted by molar-refractivity contribution is 0.263. The van der Waals surface area contributed by atoms with Gasteiger partial charge in [-0.05, 0) is 30.8 Å². The number of benzene rings is 2. The maximum Gasteiger partial charge on any atom is 0.127 e. The molecule has 0 spiro atoms. The zero-order valence-electron chi connectivity index (χ0n) is 11.9. The Morgan fingerprint density at radius 2 is 1.84 bits per heavy atom. The summed E-state index contributed by atoms with van der Waals surface area (Å²) in [6.07, 6.45) is 2.25. The molecule has 2 rings (SSSR count). The second-order valence-electron chi connectivity index (χ2n) is 4.85. The highest BCUT2D eigenvalue weighted by atomic mass is 16.5. The fourth-order valence-electron chi connectivity index (χ4n) is 2.18. The summed E-state index contributed by atoms with van der Waals surface area (Å²) in [6, 6.07) is 15.0. The van der Waals surface area contributed by atoms with Gasteiger partial charge in [0.15, 0.2) is 0 Å². The lowest BCUT2D eigenvalue weighted by Crippen LogP contribution is -2.34. The molecule has 0 aliphatic heterocycles. The molecule has 1 atom stereocenters. The third kappa shape index (κ3) is 3.71. The monoisotopic (exact) mass is 257 g/mol. The molecular formula is C17H23NO. The molecule has 2 heteroatoms. The maximum atomic E-state index is 6.01. The first-order valence-electron chi connectivity index (χ1n) is 7.19. The van der Waals surface area contributed by atoms with Gasteiger partial charge in [0.05, 0.1) is 0 Å². The second kappa shape index (κ2) is 7.15. The first-order valence-corrected chi connectivity index (χ1v) is 7.19. The van der Waals surface area contributed by atoms with Crippen molar-refractivity contribution in [2.24, 2.45) is 0 Å². The highest BCUT2D eigenvalue weighted by Crippen LogP contribution is 2.25. The van der Waals surface area contributed by atoms with Gasteiger partial charge >= 0.3 is 0 Å². The Hall–Kier alpha value is -1.54. The highest BCUT2D eigenvalue weighted by molar-refractivity contribution is 5.88. The Morgan fingerprint density at radius 1 is 1.05 bits per heavy atom. The normalized spacial score (nSPS) is 12.5. The molecule has 2 aromatic carbocycles. The van der Waals surface area contributed by atoms with Gasteiger partial charge in [0.2, 0.25) is 0 Å². The molecule has 0 fully saturated rings. The highest BCUT2D eigenvalue weighted by Gasteiger charge is 2.07. The Labute approximate surface area is 115 Å². The Kier molecular flexibility index (Phi) is 5.22. The largest absolute Gasteiger partial charge is 0.491 e. The molecule has 0 heterocycles. The summed E-state index contributed by atoms with van der Waals surface area (Å²) in [4.78, 5) is 0. The van der Waals surface area contributed by atoms with Gasteiger partial charge in [0.25, 0.3) is 0 Å².